The van der Waals surface area contributed by atoms with Crippen molar-refractivity contribution in [3.05, 3.63) is 11.8 Å². The highest BCUT2D eigenvalue weighted by atomic mass is 16.5. The predicted molar refractivity (Wildman–Crippen MR) is 80.3 cm³/mol. The molecule has 1 aromatic heterocycles. The minimum Gasteiger partial charge on any atom is -0.475 e. The normalized spacial score (nSPS) is 21.4. The Labute approximate surface area is 122 Å². The van der Waals surface area contributed by atoms with Crippen LogP contribution in [0.4, 0.5) is 0 Å². The van der Waals surface area contributed by atoms with E-state index in [4.69, 9.17) is 4.74 Å². The lowest BCUT2D eigenvalue weighted by Crippen LogP contribution is -2.25. The van der Waals surface area contributed by atoms with E-state index in [0.717, 1.165) is 19.0 Å². The van der Waals surface area contributed by atoms with Crippen molar-refractivity contribution >= 4 is 0 Å². The largest absolute Gasteiger partial charge is 0.475 e. The zero-order valence-corrected chi connectivity index (χ0v) is 12.7. The molecule has 1 saturated carbocycles. The molecular formula is C16H27N3O. The quantitative estimate of drug-likeness (QED) is 0.828. The Kier molecular flexibility index (Phi) is 4.61. The van der Waals surface area contributed by atoms with E-state index >= 15 is 0 Å². The number of hydrogen-bond acceptors (Lipinski definition) is 3. The third kappa shape index (κ3) is 3.35. The van der Waals surface area contributed by atoms with Gasteiger partial charge in [0.05, 0.1) is 6.04 Å². The third-order valence-electron chi connectivity index (χ3n) is 4.66. The molecular weight excluding hydrogens is 250 g/mol. The number of nitrogens with zero attached hydrogens (tertiary/aromatic N) is 3. The number of ether oxygens (including phenoxy) is 1. The Morgan fingerprint density at radius 3 is 2.65 bits per heavy atom. The van der Waals surface area contributed by atoms with Crippen molar-refractivity contribution < 1.29 is 4.74 Å². The summed E-state index contributed by atoms with van der Waals surface area (Å²) in [4.78, 5) is 2.48. The van der Waals surface area contributed by atoms with Crippen molar-refractivity contribution in [3.8, 4) is 5.88 Å². The number of aryl methyl sites for hydroxylation is 1. The summed E-state index contributed by atoms with van der Waals surface area (Å²) in [6.45, 7) is 6.38. The third-order valence-corrected chi connectivity index (χ3v) is 4.66. The SMILES string of the molecule is Cc1cn(C2CCCCC2)nc1OCCN1CCCC1. The van der Waals surface area contributed by atoms with E-state index in [1.807, 2.05) is 0 Å². The molecule has 0 spiro atoms. The summed E-state index contributed by atoms with van der Waals surface area (Å²) < 4.78 is 8.05. The van der Waals surface area contributed by atoms with Crippen LogP contribution in [0, 0.1) is 6.92 Å². The fourth-order valence-corrected chi connectivity index (χ4v) is 3.42. The van der Waals surface area contributed by atoms with Crippen molar-refractivity contribution in [2.24, 2.45) is 0 Å². The van der Waals surface area contributed by atoms with E-state index in [1.54, 1.807) is 0 Å². The zero-order valence-electron chi connectivity index (χ0n) is 12.7. The number of aromatic nitrogens is 2. The molecule has 0 aromatic carbocycles. The first-order chi connectivity index (χ1) is 9.83. The van der Waals surface area contributed by atoms with Crippen LogP contribution in [0.1, 0.15) is 56.6 Å². The molecule has 1 aliphatic carbocycles. The molecule has 4 heteroatoms. The minimum atomic E-state index is 0.596. The first-order valence-electron chi connectivity index (χ1n) is 8.24. The van der Waals surface area contributed by atoms with Gasteiger partial charge in [0.15, 0.2) is 0 Å². The molecule has 2 heterocycles. The summed E-state index contributed by atoms with van der Waals surface area (Å²) in [5.74, 6) is 0.842. The Morgan fingerprint density at radius 2 is 1.90 bits per heavy atom. The van der Waals surface area contributed by atoms with Gasteiger partial charge in [0.25, 0.3) is 0 Å². The van der Waals surface area contributed by atoms with Crippen LogP contribution < -0.4 is 4.74 Å². The van der Waals surface area contributed by atoms with Crippen molar-refractivity contribution in [2.75, 3.05) is 26.2 Å². The predicted octanol–water partition coefficient (Wildman–Crippen LogP) is 3.17. The summed E-state index contributed by atoms with van der Waals surface area (Å²) in [7, 11) is 0. The Balaban J connectivity index is 1.52. The maximum atomic E-state index is 5.90. The lowest BCUT2D eigenvalue weighted by Gasteiger charge is -2.21. The van der Waals surface area contributed by atoms with E-state index in [2.05, 4.69) is 27.8 Å². The van der Waals surface area contributed by atoms with Gasteiger partial charge >= 0.3 is 0 Å². The molecule has 0 amide bonds. The molecule has 1 saturated heterocycles. The van der Waals surface area contributed by atoms with E-state index in [0.29, 0.717) is 6.04 Å². The van der Waals surface area contributed by atoms with Crippen LogP contribution in [0.25, 0.3) is 0 Å². The van der Waals surface area contributed by atoms with Crippen LogP contribution in [0.5, 0.6) is 5.88 Å². The van der Waals surface area contributed by atoms with Crippen LogP contribution in [0.15, 0.2) is 6.20 Å². The second-order valence-corrected chi connectivity index (χ2v) is 6.29. The van der Waals surface area contributed by atoms with Gasteiger partial charge in [0.2, 0.25) is 5.88 Å². The van der Waals surface area contributed by atoms with Gasteiger partial charge < -0.3 is 4.74 Å². The van der Waals surface area contributed by atoms with Gasteiger partial charge in [-0.25, -0.2) is 0 Å². The smallest absolute Gasteiger partial charge is 0.235 e. The first kappa shape index (κ1) is 13.9. The molecule has 1 aromatic rings. The number of hydrogen-bond donors (Lipinski definition) is 0. The van der Waals surface area contributed by atoms with Crippen molar-refractivity contribution in [2.45, 2.75) is 57.9 Å². The molecule has 2 aliphatic rings. The summed E-state index contributed by atoms with van der Waals surface area (Å²) in [6, 6.07) is 0.596. The second-order valence-electron chi connectivity index (χ2n) is 6.29. The fraction of sp³-hybridized carbons (Fsp3) is 0.812. The minimum absolute atomic E-state index is 0.596. The standard InChI is InChI=1S/C16H27N3O/c1-14-13-19(15-7-3-2-4-8-15)17-16(14)20-12-11-18-9-5-6-10-18/h13,15H,2-12H2,1H3. The van der Waals surface area contributed by atoms with Crippen LogP contribution >= 0.6 is 0 Å². The van der Waals surface area contributed by atoms with Crippen molar-refractivity contribution in [1.29, 1.82) is 0 Å². The summed E-state index contributed by atoms with van der Waals surface area (Å²) in [5, 5.41) is 4.67. The van der Waals surface area contributed by atoms with Gasteiger partial charge in [-0.2, -0.15) is 0 Å². The van der Waals surface area contributed by atoms with Crippen molar-refractivity contribution in [1.82, 2.24) is 14.7 Å². The zero-order chi connectivity index (χ0) is 13.8. The molecule has 3 rings (SSSR count). The van der Waals surface area contributed by atoms with E-state index in [9.17, 15) is 0 Å². The monoisotopic (exact) mass is 277 g/mol. The topological polar surface area (TPSA) is 30.3 Å². The van der Waals surface area contributed by atoms with Gasteiger partial charge in [-0.1, -0.05) is 19.3 Å². The average molecular weight is 277 g/mol. The Bertz CT molecular complexity index is 417. The number of rotatable bonds is 5. The summed E-state index contributed by atoms with van der Waals surface area (Å²) >= 11 is 0. The van der Waals surface area contributed by atoms with E-state index in [-0.39, 0.29) is 0 Å². The molecule has 2 fully saturated rings. The molecule has 112 valence electrons. The van der Waals surface area contributed by atoms with E-state index in [1.165, 1.54) is 63.6 Å². The van der Waals surface area contributed by atoms with Crippen molar-refractivity contribution in [3.63, 3.8) is 0 Å². The van der Waals surface area contributed by atoms with Gasteiger partial charge in [-0.15, -0.1) is 5.10 Å². The molecule has 0 atom stereocenters. The lowest BCUT2D eigenvalue weighted by atomic mass is 9.96. The van der Waals surface area contributed by atoms with Gasteiger partial charge in [0.1, 0.15) is 6.61 Å². The van der Waals surface area contributed by atoms with Gasteiger partial charge in [-0.3, -0.25) is 9.58 Å². The molecule has 4 nitrogen and oxygen atoms in total. The maximum absolute atomic E-state index is 5.90. The molecule has 0 radical (unpaired) electrons. The fourth-order valence-electron chi connectivity index (χ4n) is 3.42. The van der Waals surface area contributed by atoms with Crippen LogP contribution in [0.3, 0.4) is 0 Å². The van der Waals surface area contributed by atoms with Crippen LogP contribution in [-0.4, -0.2) is 40.9 Å². The first-order valence-corrected chi connectivity index (χ1v) is 8.24. The lowest BCUT2D eigenvalue weighted by molar-refractivity contribution is 0.226. The average Bonchev–Trinajstić information content (AvgIpc) is 3.11. The molecule has 0 bridgehead atoms. The van der Waals surface area contributed by atoms with Crippen LogP contribution in [0.2, 0.25) is 0 Å². The van der Waals surface area contributed by atoms with Gasteiger partial charge in [-0.05, 0) is 45.7 Å². The molecule has 1 aliphatic heterocycles. The summed E-state index contributed by atoms with van der Waals surface area (Å²) in [5.41, 5.74) is 1.18. The Morgan fingerprint density at radius 1 is 1.15 bits per heavy atom. The second kappa shape index (κ2) is 6.61. The van der Waals surface area contributed by atoms with E-state index < -0.39 is 0 Å². The highest BCUT2D eigenvalue weighted by Gasteiger charge is 2.18. The highest BCUT2D eigenvalue weighted by molar-refractivity contribution is 5.21. The molecule has 0 N–H and O–H groups in total. The molecule has 0 unspecified atom stereocenters. The Hall–Kier alpha value is -1.03. The summed E-state index contributed by atoms with van der Waals surface area (Å²) in [6.07, 6.45) is 11.5. The van der Waals surface area contributed by atoms with Gasteiger partial charge in [0, 0.05) is 18.3 Å². The van der Waals surface area contributed by atoms with Crippen LogP contribution in [-0.2, 0) is 0 Å². The number of likely N-dealkylation sites (tertiary alicyclic amines) is 1. The maximum Gasteiger partial charge on any atom is 0.235 e. The molecule has 20 heavy (non-hydrogen) atoms. The highest BCUT2D eigenvalue weighted by Crippen LogP contribution is 2.29.